The highest BCUT2D eigenvalue weighted by molar-refractivity contribution is 7.45. The first kappa shape index (κ1) is 48.2. The summed E-state index contributed by atoms with van der Waals surface area (Å²) in [4.78, 5) is 24.9. The molecule has 2 unspecified atom stereocenters. The molecule has 0 aliphatic carbocycles. The molecule has 0 aromatic heterocycles. The lowest BCUT2D eigenvalue weighted by Gasteiger charge is -2.28. The van der Waals surface area contributed by atoms with E-state index in [1.807, 2.05) is 21.1 Å². The van der Waals surface area contributed by atoms with E-state index in [0.717, 1.165) is 83.5 Å². The molecule has 0 bridgehead atoms. The molecule has 0 fully saturated rings. The summed E-state index contributed by atoms with van der Waals surface area (Å²) in [6.45, 7) is 5.21. The molecular formula is C41H74NO7P. The molecule has 0 aromatic rings. The van der Waals surface area contributed by atoms with Gasteiger partial charge in [0.25, 0.3) is 7.82 Å². The molecule has 0 N–H and O–H groups in total. The third kappa shape index (κ3) is 37.5. The number of nitrogens with zero attached hydrogens (tertiary/aromatic N) is 1. The molecule has 0 aliphatic rings. The molecule has 0 radical (unpaired) electrons. The number of ether oxygens (including phenoxy) is 2. The molecule has 0 aromatic carbocycles. The molecule has 0 heterocycles. The Hall–Kier alpha value is -1.80. The van der Waals surface area contributed by atoms with Crippen LogP contribution in [0.4, 0.5) is 0 Å². The first-order valence-corrected chi connectivity index (χ1v) is 21.0. The van der Waals surface area contributed by atoms with Gasteiger partial charge in [-0.25, -0.2) is 0 Å². The average molecular weight is 724 g/mol. The van der Waals surface area contributed by atoms with E-state index in [1.165, 1.54) is 32.1 Å². The van der Waals surface area contributed by atoms with Crippen LogP contribution in [0.3, 0.4) is 0 Å². The van der Waals surface area contributed by atoms with E-state index >= 15 is 0 Å². The Bertz CT molecular complexity index is 984. The van der Waals surface area contributed by atoms with Crippen LogP contribution in [-0.2, 0) is 27.9 Å². The van der Waals surface area contributed by atoms with E-state index in [1.54, 1.807) is 0 Å². The smallest absolute Gasteiger partial charge is 0.306 e. The quantitative estimate of drug-likeness (QED) is 0.0211. The van der Waals surface area contributed by atoms with Crippen LogP contribution >= 0.6 is 7.82 Å². The van der Waals surface area contributed by atoms with Crippen LogP contribution in [0.15, 0.2) is 60.8 Å². The Kier molecular flexibility index (Phi) is 33.1. The van der Waals surface area contributed by atoms with Gasteiger partial charge in [0.05, 0.1) is 34.4 Å². The fraction of sp³-hybridized carbons (Fsp3) is 0.732. The van der Waals surface area contributed by atoms with Crippen molar-refractivity contribution in [3.05, 3.63) is 60.8 Å². The third-order valence-electron chi connectivity index (χ3n) is 7.83. The maximum Gasteiger partial charge on any atom is 0.306 e. The topological polar surface area (TPSA) is 94.1 Å². The predicted molar refractivity (Wildman–Crippen MR) is 208 cm³/mol. The number of quaternary nitrogens is 1. The zero-order chi connectivity index (χ0) is 37.0. The minimum atomic E-state index is -4.52. The molecule has 50 heavy (non-hydrogen) atoms. The molecule has 9 heteroatoms. The van der Waals surface area contributed by atoms with Crippen molar-refractivity contribution < 1.29 is 37.3 Å². The molecule has 0 aliphatic heterocycles. The number of esters is 1. The highest BCUT2D eigenvalue weighted by Crippen LogP contribution is 2.38. The van der Waals surface area contributed by atoms with E-state index in [-0.39, 0.29) is 32.2 Å². The van der Waals surface area contributed by atoms with Crippen molar-refractivity contribution in [1.82, 2.24) is 0 Å². The van der Waals surface area contributed by atoms with Crippen molar-refractivity contribution in [2.45, 2.75) is 142 Å². The maximum absolute atomic E-state index is 12.6. The van der Waals surface area contributed by atoms with E-state index in [0.29, 0.717) is 17.6 Å². The van der Waals surface area contributed by atoms with Crippen molar-refractivity contribution in [3.63, 3.8) is 0 Å². The van der Waals surface area contributed by atoms with Gasteiger partial charge in [-0.15, -0.1) is 0 Å². The highest BCUT2D eigenvalue weighted by atomic mass is 31.2. The number of hydrogen-bond acceptors (Lipinski definition) is 7. The largest absolute Gasteiger partial charge is 0.756 e. The van der Waals surface area contributed by atoms with E-state index < -0.39 is 13.9 Å². The van der Waals surface area contributed by atoms with Gasteiger partial charge in [-0.2, -0.15) is 0 Å². The van der Waals surface area contributed by atoms with Crippen molar-refractivity contribution in [1.29, 1.82) is 0 Å². The average Bonchev–Trinajstić information content (AvgIpc) is 3.06. The van der Waals surface area contributed by atoms with Gasteiger partial charge in [-0.05, 0) is 57.8 Å². The van der Waals surface area contributed by atoms with Gasteiger partial charge in [-0.3, -0.25) is 9.36 Å². The van der Waals surface area contributed by atoms with Crippen molar-refractivity contribution in [3.8, 4) is 0 Å². The molecule has 0 saturated carbocycles. The third-order valence-corrected chi connectivity index (χ3v) is 8.80. The Morgan fingerprint density at radius 2 is 1.16 bits per heavy atom. The molecule has 0 spiro atoms. The number of likely N-dealkylation sites (N-methyl/N-ethyl adjacent to an activating group) is 1. The number of hydrogen-bond donors (Lipinski definition) is 0. The van der Waals surface area contributed by atoms with Gasteiger partial charge < -0.3 is 27.9 Å². The fourth-order valence-electron chi connectivity index (χ4n) is 4.81. The second-order valence-electron chi connectivity index (χ2n) is 13.9. The van der Waals surface area contributed by atoms with E-state index in [2.05, 4.69) is 74.6 Å². The number of phosphoric acid groups is 1. The van der Waals surface area contributed by atoms with E-state index in [9.17, 15) is 14.3 Å². The molecule has 290 valence electrons. The van der Waals surface area contributed by atoms with Gasteiger partial charge >= 0.3 is 5.97 Å². The zero-order valence-corrected chi connectivity index (χ0v) is 33.5. The Morgan fingerprint density at radius 1 is 0.640 bits per heavy atom. The Balaban J connectivity index is 4.23. The lowest BCUT2D eigenvalue weighted by atomic mass is 10.1. The first-order chi connectivity index (χ1) is 24.1. The second-order valence-corrected chi connectivity index (χ2v) is 15.3. The van der Waals surface area contributed by atoms with Gasteiger partial charge in [0, 0.05) is 13.0 Å². The summed E-state index contributed by atoms with van der Waals surface area (Å²) in [5, 5.41) is 0. The number of phosphoric ester groups is 1. The number of carbonyl (C=O) groups excluding carboxylic acids is 1. The normalized spacial score (nSPS) is 14.6. The van der Waals surface area contributed by atoms with Crippen LogP contribution in [-0.4, -0.2) is 70.7 Å². The fourth-order valence-corrected chi connectivity index (χ4v) is 5.53. The van der Waals surface area contributed by atoms with Crippen LogP contribution in [0.5, 0.6) is 0 Å². The van der Waals surface area contributed by atoms with Crippen LogP contribution in [0, 0.1) is 0 Å². The summed E-state index contributed by atoms with van der Waals surface area (Å²) in [6.07, 6.45) is 41.0. The summed E-state index contributed by atoms with van der Waals surface area (Å²) in [7, 11) is 1.33. The maximum atomic E-state index is 12.6. The van der Waals surface area contributed by atoms with Gasteiger partial charge in [0.15, 0.2) is 0 Å². The minimum Gasteiger partial charge on any atom is -0.756 e. The molecule has 8 nitrogen and oxygen atoms in total. The van der Waals surface area contributed by atoms with Crippen LogP contribution in [0.25, 0.3) is 0 Å². The highest BCUT2D eigenvalue weighted by Gasteiger charge is 2.20. The first-order valence-electron chi connectivity index (χ1n) is 19.5. The molecule has 0 saturated heterocycles. The number of unbranched alkanes of at least 4 members (excludes halogenated alkanes) is 11. The number of rotatable bonds is 35. The van der Waals surface area contributed by atoms with Crippen LogP contribution in [0.2, 0.25) is 0 Å². The summed E-state index contributed by atoms with van der Waals surface area (Å²) < 4.78 is 34.3. The van der Waals surface area contributed by atoms with Crippen molar-refractivity contribution >= 4 is 13.8 Å². The SMILES string of the molecule is CC/C=C\C/C=C\C/C=C\C/C=C\C/C=C\CCCCCCCC(=O)OC(COCCCCCCCCC)COP(=O)([O-])OCC[N+](C)(C)C. The lowest BCUT2D eigenvalue weighted by molar-refractivity contribution is -0.870. The summed E-state index contributed by atoms with van der Waals surface area (Å²) in [6, 6.07) is 0. The van der Waals surface area contributed by atoms with Gasteiger partial charge in [0.1, 0.15) is 19.3 Å². The van der Waals surface area contributed by atoms with Crippen LogP contribution < -0.4 is 4.89 Å². The Labute approximate surface area is 307 Å². The van der Waals surface area contributed by atoms with Crippen molar-refractivity contribution in [2.24, 2.45) is 0 Å². The molecule has 0 rings (SSSR count). The molecule has 0 amide bonds. The van der Waals surface area contributed by atoms with Crippen LogP contribution in [0.1, 0.15) is 136 Å². The van der Waals surface area contributed by atoms with Gasteiger partial charge in [0.2, 0.25) is 0 Å². The molecule has 2 atom stereocenters. The lowest BCUT2D eigenvalue weighted by Crippen LogP contribution is -2.37. The monoisotopic (exact) mass is 724 g/mol. The summed E-state index contributed by atoms with van der Waals surface area (Å²) >= 11 is 0. The summed E-state index contributed by atoms with van der Waals surface area (Å²) in [5.41, 5.74) is 0. The second kappa shape index (κ2) is 34.3. The van der Waals surface area contributed by atoms with Gasteiger partial charge in [-0.1, -0.05) is 132 Å². The van der Waals surface area contributed by atoms with E-state index in [4.69, 9.17) is 18.5 Å². The predicted octanol–water partition coefficient (Wildman–Crippen LogP) is 10.4. The standard InChI is InChI=1S/C41H74NO7P/c1-6-8-10-12-14-15-16-17-18-19-20-21-22-23-24-25-26-27-28-30-32-34-41(43)49-40(38-46-36-33-31-29-13-11-9-7-2)39-48-50(44,45)47-37-35-42(3,4)5/h8,10,14-15,17-18,20-21,23-24,40H,6-7,9,11-13,16,19,22,25-39H2,1-5H3/b10-8-,15-14-,18-17-,21-20-,24-23-. The summed E-state index contributed by atoms with van der Waals surface area (Å²) in [5.74, 6) is -0.358. The number of allylic oxidation sites excluding steroid dienone is 10. The van der Waals surface area contributed by atoms with Crippen molar-refractivity contribution in [2.75, 3.05) is 54.1 Å². The Morgan fingerprint density at radius 3 is 1.74 bits per heavy atom. The molecular weight excluding hydrogens is 649 g/mol. The number of carbonyl (C=O) groups is 1. The zero-order valence-electron chi connectivity index (χ0n) is 32.6. The minimum absolute atomic E-state index is 0.0196.